The van der Waals surface area contributed by atoms with Gasteiger partial charge in [-0.05, 0) is 23.3 Å². The highest BCUT2D eigenvalue weighted by molar-refractivity contribution is 5.63. The van der Waals surface area contributed by atoms with Gasteiger partial charge < -0.3 is 11.5 Å². The van der Waals surface area contributed by atoms with E-state index < -0.39 is 70.2 Å². The maximum absolute atomic E-state index is 13.4. The first kappa shape index (κ1) is 24.1. The molecule has 0 aromatic rings. The van der Waals surface area contributed by atoms with Crippen molar-refractivity contribution in [2.24, 2.45) is 11.5 Å². The maximum atomic E-state index is 13.4. The van der Waals surface area contributed by atoms with Crippen molar-refractivity contribution in [3.05, 3.63) is 58.7 Å². The van der Waals surface area contributed by atoms with Crippen LogP contribution in [0.4, 0.5) is 52.7 Å². The molecule has 4 N–H and O–H groups in total. The second-order valence-electron chi connectivity index (χ2n) is 6.47. The fourth-order valence-electron chi connectivity index (χ4n) is 2.64. The van der Waals surface area contributed by atoms with Gasteiger partial charge in [-0.2, -0.15) is 52.7 Å². The van der Waals surface area contributed by atoms with E-state index in [1.807, 2.05) is 0 Å². The highest BCUT2D eigenvalue weighted by Gasteiger charge is 2.55. The molecule has 2 aliphatic carbocycles. The lowest BCUT2D eigenvalue weighted by molar-refractivity contribution is -0.161. The predicted octanol–water partition coefficient (Wildman–Crippen LogP) is 4.92. The Morgan fingerprint density at radius 3 is 1.00 bits per heavy atom. The van der Waals surface area contributed by atoms with E-state index in [-0.39, 0.29) is 24.3 Å². The zero-order valence-electron chi connectivity index (χ0n) is 14.2. The molecule has 2 unspecified atom stereocenters. The minimum absolute atomic E-state index is 0.0273. The summed E-state index contributed by atoms with van der Waals surface area (Å²) in [5.74, 6) is 0. The minimum Gasteiger partial charge on any atom is -0.311 e. The van der Waals surface area contributed by atoms with Crippen LogP contribution in [0.15, 0.2) is 58.7 Å². The Hall–Kier alpha value is -2.22. The molecule has 0 amide bonds. The fraction of sp³-hybridized carbons (Fsp3) is 0.375. The summed E-state index contributed by atoms with van der Waals surface area (Å²) >= 11 is 0. The Bertz CT molecular complexity index is 804. The van der Waals surface area contributed by atoms with Gasteiger partial charge in [-0.25, -0.2) is 0 Å². The molecule has 0 bridgehead atoms. The molecule has 0 spiro atoms. The topological polar surface area (TPSA) is 52.0 Å². The third-order valence-corrected chi connectivity index (χ3v) is 4.28. The first-order valence-electron chi connectivity index (χ1n) is 7.57. The Morgan fingerprint density at radius 2 is 0.800 bits per heavy atom. The first-order valence-corrected chi connectivity index (χ1v) is 7.57. The zero-order valence-corrected chi connectivity index (χ0v) is 14.2. The summed E-state index contributed by atoms with van der Waals surface area (Å²) in [6.45, 7) is 0. The summed E-state index contributed by atoms with van der Waals surface area (Å²) in [7, 11) is 0. The summed E-state index contributed by atoms with van der Waals surface area (Å²) in [5, 5.41) is 0. The van der Waals surface area contributed by atoms with Gasteiger partial charge in [-0.1, -0.05) is 24.3 Å². The Kier molecular flexibility index (Phi) is 5.32. The normalized spacial score (nSPS) is 31.0. The molecule has 0 aliphatic heterocycles. The van der Waals surface area contributed by atoms with Gasteiger partial charge in [0, 0.05) is 0 Å². The molecule has 2 aliphatic rings. The lowest BCUT2D eigenvalue weighted by Crippen LogP contribution is -2.52. The molecule has 0 aromatic carbocycles. The number of rotatable bonds is 0. The van der Waals surface area contributed by atoms with Gasteiger partial charge in [-0.15, -0.1) is 0 Å². The van der Waals surface area contributed by atoms with E-state index in [2.05, 4.69) is 0 Å². The molecule has 30 heavy (non-hydrogen) atoms. The van der Waals surface area contributed by atoms with Gasteiger partial charge in [0.2, 0.25) is 0 Å². The van der Waals surface area contributed by atoms with Crippen LogP contribution in [0.3, 0.4) is 0 Å². The van der Waals surface area contributed by atoms with E-state index in [1.54, 1.807) is 0 Å². The van der Waals surface area contributed by atoms with Crippen molar-refractivity contribution < 1.29 is 52.7 Å². The van der Waals surface area contributed by atoms with Crippen molar-refractivity contribution in [3.63, 3.8) is 0 Å². The van der Waals surface area contributed by atoms with Crippen LogP contribution >= 0.6 is 0 Å². The maximum Gasteiger partial charge on any atom is 0.416 e. The average Bonchev–Trinajstić information content (AvgIpc) is 2.51. The molecule has 168 valence electrons. The lowest BCUT2D eigenvalue weighted by Gasteiger charge is -2.34. The Labute approximate surface area is 159 Å². The van der Waals surface area contributed by atoms with E-state index in [0.717, 1.165) is 0 Å². The summed E-state index contributed by atoms with van der Waals surface area (Å²) in [5.41, 5.74) is -4.81. The minimum atomic E-state index is -5.62. The third-order valence-electron chi connectivity index (χ3n) is 4.28. The molecule has 2 rings (SSSR count). The van der Waals surface area contributed by atoms with Crippen LogP contribution in [0.2, 0.25) is 0 Å². The van der Waals surface area contributed by atoms with Gasteiger partial charge in [0.15, 0.2) is 11.1 Å². The number of nitrogens with two attached hydrogens (primary N) is 2. The average molecular weight is 458 g/mol. The van der Waals surface area contributed by atoms with Crippen LogP contribution in [0.25, 0.3) is 0 Å². The van der Waals surface area contributed by atoms with E-state index in [9.17, 15) is 52.7 Å². The first-order chi connectivity index (χ1) is 13.1. The van der Waals surface area contributed by atoms with E-state index in [0.29, 0.717) is 0 Å². The summed E-state index contributed by atoms with van der Waals surface area (Å²) in [4.78, 5) is 0. The number of hydrogen-bond donors (Lipinski definition) is 2. The Balaban J connectivity index is 2.83. The predicted molar refractivity (Wildman–Crippen MR) is 79.5 cm³/mol. The van der Waals surface area contributed by atoms with Gasteiger partial charge in [-0.3, -0.25) is 0 Å². The highest BCUT2D eigenvalue weighted by Crippen LogP contribution is 2.47. The smallest absolute Gasteiger partial charge is 0.311 e. The second-order valence-corrected chi connectivity index (χ2v) is 6.47. The Morgan fingerprint density at radius 1 is 0.533 bits per heavy atom. The molecule has 0 aromatic heterocycles. The van der Waals surface area contributed by atoms with Gasteiger partial charge >= 0.3 is 24.7 Å². The molecule has 0 saturated carbocycles. The molecule has 2 atom stereocenters. The lowest BCUT2D eigenvalue weighted by atomic mass is 9.79. The third kappa shape index (κ3) is 4.15. The number of halogens is 12. The van der Waals surface area contributed by atoms with Crippen molar-refractivity contribution in [2.45, 2.75) is 35.8 Å². The van der Waals surface area contributed by atoms with E-state index in [1.165, 1.54) is 0 Å². The molecule has 0 radical (unpaired) electrons. The number of alkyl halides is 12. The van der Waals surface area contributed by atoms with E-state index >= 15 is 0 Å². The van der Waals surface area contributed by atoms with Crippen LogP contribution in [-0.4, -0.2) is 35.8 Å². The monoisotopic (exact) mass is 458 g/mol. The summed E-state index contributed by atoms with van der Waals surface area (Å²) in [6, 6.07) is 0. The second kappa shape index (κ2) is 6.64. The van der Waals surface area contributed by atoms with Gasteiger partial charge in [0.05, 0.1) is 11.1 Å². The fourth-order valence-corrected chi connectivity index (χ4v) is 2.64. The van der Waals surface area contributed by atoms with E-state index in [4.69, 9.17) is 11.5 Å². The van der Waals surface area contributed by atoms with Gasteiger partial charge in [0.1, 0.15) is 0 Å². The summed E-state index contributed by atoms with van der Waals surface area (Å²) in [6.07, 6.45) is -23.2. The van der Waals surface area contributed by atoms with Crippen LogP contribution in [0.5, 0.6) is 0 Å². The van der Waals surface area contributed by atoms with Crippen molar-refractivity contribution in [2.75, 3.05) is 0 Å². The molecule has 14 heteroatoms. The standard InChI is InChI=1S/C16H10F12N2/c17-13(18,19)9-5-11(29,15(23,24)25)3-1-7(9)8-2-4-12(30,16(26,27)28)6-10(8)14(20,21)22/h1-6H,29-30H2. The molecule has 0 fully saturated rings. The van der Waals surface area contributed by atoms with Gasteiger partial charge in [0.25, 0.3) is 0 Å². The van der Waals surface area contributed by atoms with Crippen molar-refractivity contribution >= 4 is 0 Å². The molecule has 2 nitrogen and oxygen atoms in total. The quantitative estimate of drug-likeness (QED) is 0.507. The molecule has 0 heterocycles. The molecule has 0 saturated heterocycles. The van der Waals surface area contributed by atoms with Crippen molar-refractivity contribution in [3.8, 4) is 0 Å². The summed E-state index contributed by atoms with van der Waals surface area (Å²) < 4.78 is 158. The highest BCUT2D eigenvalue weighted by atomic mass is 19.4. The number of allylic oxidation sites excluding steroid dienone is 6. The van der Waals surface area contributed by atoms with Crippen molar-refractivity contribution in [1.29, 1.82) is 0 Å². The van der Waals surface area contributed by atoms with Crippen LogP contribution in [-0.2, 0) is 0 Å². The molecular formula is C16H10F12N2. The molecular weight excluding hydrogens is 448 g/mol. The number of hydrogen-bond acceptors (Lipinski definition) is 2. The largest absolute Gasteiger partial charge is 0.416 e. The zero-order chi connectivity index (χ0) is 23.6. The van der Waals surface area contributed by atoms with Crippen LogP contribution < -0.4 is 11.5 Å². The SMILES string of the molecule is NC1(C(F)(F)F)C=CC(=C2C=CC(N)(C(F)(F)F)C=C2C(F)(F)F)C(C(F)(F)F)=C1. The van der Waals surface area contributed by atoms with Crippen LogP contribution in [0.1, 0.15) is 0 Å². The van der Waals surface area contributed by atoms with Crippen molar-refractivity contribution in [1.82, 2.24) is 0 Å². The van der Waals surface area contributed by atoms with Crippen LogP contribution in [0, 0.1) is 0 Å².